The molecule has 0 bridgehead atoms. The van der Waals surface area contributed by atoms with Crippen molar-refractivity contribution in [2.24, 2.45) is 0 Å². The topological polar surface area (TPSA) is 47.3 Å². The van der Waals surface area contributed by atoms with Gasteiger partial charge in [0.2, 0.25) is 0 Å². The van der Waals surface area contributed by atoms with Crippen LogP contribution in [-0.2, 0) is 5.60 Å². The average Bonchev–Trinajstić information content (AvgIpc) is 3.10. The lowest BCUT2D eigenvalue weighted by Crippen LogP contribution is -2.15. The molecule has 28 heavy (non-hydrogen) atoms. The lowest BCUT2D eigenvalue weighted by Gasteiger charge is -2.17. The van der Waals surface area contributed by atoms with E-state index < -0.39 is 5.60 Å². The van der Waals surface area contributed by atoms with Gasteiger partial charge in [0.25, 0.3) is 0 Å². The van der Waals surface area contributed by atoms with Crippen LogP contribution in [0.25, 0.3) is 27.8 Å². The molecule has 142 valence electrons. The van der Waals surface area contributed by atoms with Crippen molar-refractivity contribution in [3.8, 4) is 22.6 Å². The maximum absolute atomic E-state index is 10.2. The molecule has 1 aromatic heterocycles. The molecule has 4 rings (SSSR count). The Bertz CT molecular complexity index is 1160. The summed E-state index contributed by atoms with van der Waals surface area (Å²) in [5.41, 5.74) is 4.67. The van der Waals surface area contributed by atoms with Gasteiger partial charge in [0.1, 0.15) is 12.1 Å². The normalized spacial score (nSPS) is 11.8. The fourth-order valence-electron chi connectivity index (χ4n) is 3.33. The fourth-order valence-corrected chi connectivity index (χ4v) is 3.50. The van der Waals surface area contributed by atoms with Gasteiger partial charge in [0.05, 0.1) is 23.7 Å². The van der Waals surface area contributed by atoms with E-state index in [4.69, 9.17) is 16.3 Å². The van der Waals surface area contributed by atoms with E-state index in [0.717, 1.165) is 39.2 Å². The van der Waals surface area contributed by atoms with E-state index in [1.54, 1.807) is 27.3 Å². The Hall–Kier alpha value is -2.82. The maximum Gasteiger partial charge on any atom is 0.126 e. The summed E-state index contributed by atoms with van der Waals surface area (Å²) in [6, 6.07) is 19.6. The summed E-state index contributed by atoms with van der Waals surface area (Å²) >= 11 is 6.20. The molecule has 4 aromatic rings. The third-order valence-electron chi connectivity index (χ3n) is 4.85. The van der Waals surface area contributed by atoms with Gasteiger partial charge in [-0.05, 0) is 67.4 Å². The van der Waals surface area contributed by atoms with Crippen LogP contribution in [-0.4, -0.2) is 21.8 Å². The standard InChI is InChI=1S/C23H21ClN2O2/c1-23(2,27)16-7-9-21-20(12-16)25-14-26(21)18-6-4-5-15(11-18)19-13-17(24)8-10-22(19)28-3/h4-14,27H,1-3H3. The number of hydrogen-bond donors (Lipinski definition) is 1. The van der Waals surface area contributed by atoms with Gasteiger partial charge in [-0.2, -0.15) is 0 Å². The van der Waals surface area contributed by atoms with E-state index in [1.165, 1.54) is 0 Å². The van der Waals surface area contributed by atoms with Gasteiger partial charge in [-0.1, -0.05) is 29.8 Å². The van der Waals surface area contributed by atoms with Crippen LogP contribution in [0.15, 0.2) is 67.0 Å². The molecule has 1 heterocycles. The number of halogens is 1. The third-order valence-corrected chi connectivity index (χ3v) is 5.09. The Labute approximate surface area is 169 Å². The molecule has 3 aromatic carbocycles. The van der Waals surface area contributed by atoms with Crippen LogP contribution in [0, 0.1) is 0 Å². The molecule has 0 radical (unpaired) electrons. The Morgan fingerprint density at radius 1 is 1.04 bits per heavy atom. The number of aliphatic hydroxyl groups is 1. The lowest BCUT2D eigenvalue weighted by atomic mass is 9.98. The highest BCUT2D eigenvalue weighted by atomic mass is 35.5. The molecule has 0 fully saturated rings. The fraction of sp³-hybridized carbons (Fsp3) is 0.174. The first kappa shape index (κ1) is 18.5. The van der Waals surface area contributed by atoms with E-state index in [-0.39, 0.29) is 0 Å². The van der Waals surface area contributed by atoms with Gasteiger partial charge in [-0.3, -0.25) is 4.57 Å². The van der Waals surface area contributed by atoms with Crippen LogP contribution in [0.1, 0.15) is 19.4 Å². The zero-order chi connectivity index (χ0) is 19.9. The highest BCUT2D eigenvalue weighted by molar-refractivity contribution is 6.31. The van der Waals surface area contributed by atoms with E-state index in [2.05, 4.69) is 11.1 Å². The first-order valence-corrected chi connectivity index (χ1v) is 9.39. The molecule has 0 amide bonds. The number of rotatable bonds is 4. The molecular weight excluding hydrogens is 372 g/mol. The minimum absolute atomic E-state index is 0.661. The van der Waals surface area contributed by atoms with E-state index in [9.17, 15) is 5.11 Å². The summed E-state index contributed by atoms with van der Waals surface area (Å²) < 4.78 is 7.53. The molecule has 4 nitrogen and oxygen atoms in total. The highest BCUT2D eigenvalue weighted by Gasteiger charge is 2.17. The van der Waals surface area contributed by atoms with Crippen LogP contribution < -0.4 is 4.74 Å². The lowest BCUT2D eigenvalue weighted by molar-refractivity contribution is 0.0787. The van der Waals surface area contributed by atoms with Crippen LogP contribution in [0.4, 0.5) is 0 Å². The Kier molecular flexibility index (Phi) is 4.61. The van der Waals surface area contributed by atoms with Crippen LogP contribution >= 0.6 is 11.6 Å². The van der Waals surface area contributed by atoms with Crippen LogP contribution in [0.3, 0.4) is 0 Å². The number of aromatic nitrogens is 2. The number of hydrogen-bond acceptors (Lipinski definition) is 3. The Morgan fingerprint density at radius 2 is 1.86 bits per heavy atom. The van der Waals surface area contributed by atoms with Gasteiger partial charge in [-0.25, -0.2) is 4.98 Å². The molecule has 0 aliphatic heterocycles. The average molecular weight is 393 g/mol. The Morgan fingerprint density at radius 3 is 2.61 bits per heavy atom. The molecule has 0 saturated carbocycles. The van der Waals surface area contributed by atoms with Crippen LogP contribution in [0.5, 0.6) is 5.75 Å². The van der Waals surface area contributed by atoms with Crippen molar-refractivity contribution < 1.29 is 9.84 Å². The van der Waals surface area contributed by atoms with Gasteiger partial charge >= 0.3 is 0 Å². The first-order valence-electron chi connectivity index (χ1n) is 9.01. The highest BCUT2D eigenvalue weighted by Crippen LogP contribution is 2.34. The zero-order valence-electron chi connectivity index (χ0n) is 16.0. The second-order valence-corrected chi connectivity index (χ2v) is 7.71. The third kappa shape index (κ3) is 3.37. The molecule has 0 saturated heterocycles. The van der Waals surface area contributed by atoms with Gasteiger partial charge < -0.3 is 9.84 Å². The van der Waals surface area contributed by atoms with E-state index in [0.29, 0.717) is 5.02 Å². The van der Waals surface area contributed by atoms with Crippen molar-refractivity contribution in [3.63, 3.8) is 0 Å². The monoisotopic (exact) mass is 392 g/mol. The minimum Gasteiger partial charge on any atom is -0.496 e. The largest absolute Gasteiger partial charge is 0.496 e. The van der Waals surface area contributed by atoms with Crippen molar-refractivity contribution in [2.45, 2.75) is 19.4 Å². The molecule has 0 unspecified atom stereocenters. The van der Waals surface area contributed by atoms with Crippen LogP contribution in [0.2, 0.25) is 5.02 Å². The summed E-state index contributed by atoms with van der Waals surface area (Å²) in [5.74, 6) is 0.770. The molecule has 0 aliphatic carbocycles. The van der Waals surface area contributed by atoms with Crippen molar-refractivity contribution >= 4 is 22.6 Å². The maximum atomic E-state index is 10.2. The minimum atomic E-state index is -0.902. The number of benzene rings is 3. The quantitative estimate of drug-likeness (QED) is 0.493. The Balaban J connectivity index is 1.82. The summed E-state index contributed by atoms with van der Waals surface area (Å²) in [4.78, 5) is 4.53. The van der Waals surface area contributed by atoms with E-state index >= 15 is 0 Å². The number of methoxy groups -OCH3 is 1. The van der Waals surface area contributed by atoms with Gasteiger partial charge in [0, 0.05) is 16.3 Å². The smallest absolute Gasteiger partial charge is 0.126 e. The summed E-state index contributed by atoms with van der Waals surface area (Å²) in [6.45, 7) is 3.54. The molecular formula is C23H21ClN2O2. The van der Waals surface area contributed by atoms with Crippen molar-refractivity contribution in [3.05, 3.63) is 77.6 Å². The summed E-state index contributed by atoms with van der Waals surface area (Å²) in [5, 5.41) is 10.9. The molecule has 0 aliphatic rings. The predicted octanol–water partition coefficient (Wildman–Crippen LogP) is 5.58. The second-order valence-electron chi connectivity index (χ2n) is 7.27. The van der Waals surface area contributed by atoms with Crippen molar-refractivity contribution in [2.75, 3.05) is 7.11 Å². The molecule has 1 N–H and O–H groups in total. The van der Waals surface area contributed by atoms with Crippen molar-refractivity contribution in [1.29, 1.82) is 0 Å². The van der Waals surface area contributed by atoms with E-state index in [1.807, 2.05) is 59.2 Å². The number of imidazole rings is 1. The van der Waals surface area contributed by atoms with Crippen molar-refractivity contribution in [1.82, 2.24) is 9.55 Å². The number of nitrogens with zero attached hydrogens (tertiary/aromatic N) is 2. The summed E-state index contributed by atoms with van der Waals surface area (Å²) in [6.07, 6.45) is 1.80. The SMILES string of the molecule is COc1ccc(Cl)cc1-c1cccc(-n2cnc3cc(C(C)(C)O)ccc32)c1. The molecule has 5 heteroatoms. The summed E-state index contributed by atoms with van der Waals surface area (Å²) in [7, 11) is 1.65. The molecule has 0 spiro atoms. The van der Waals surface area contributed by atoms with Gasteiger partial charge in [0.15, 0.2) is 0 Å². The molecule has 0 atom stereocenters. The first-order chi connectivity index (χ1) is 13.4. The number of fused-ring (bicyclic) bond motifs is 1. The predicted molar refractivity (Wildman–Crippen MR) is 113 cm³/mol. The number of ether oxygens (including phenoxy) is 1. The second kappa shape index (κ2) is 6.97. The zero-order valence-corrected chi connectivity index (χ0v) is 16.7. The van der Waals surface area contributed by atoms with Gasteiger partial charge in [-0.15, -0.1) is 0 Å².